The van der Waals surface area contributed by atoms with Crippen LogP contribution in [0.4, 0.5) is 0 Å². The quantitative estimate of drug-likeness (QED) is 0.646. The highest BCUT2D eigenvalue weighted by Gasteiger charge is 2.22. The Labute approximate surface area is 109 Å². The highest BCUT2D eigenvalue weighted by molar-refractivity contribution is 5.69. The predicted octanol–water partition coefficient (Wildman–Crippen LogP) is 0.374. The zero-order chi connectivity index (χ0) is 13.4. The lowest BCUT2D eigenvalue weighted by molar-refractivity contribution is -0.145. The molecule has 1 aliphatic rings. The van der Waals surface area contributed by atoms with Crippen LogP contribution in [0, 0.1) is 0 Å². The first-order valence-corrected chi connectivity index (χ1v) is 6.95. The number of likely N-dealkylation sites (N-methyl/N-ethyl adjacent to an activating group) is 1. The molecule has 1 heterocycles. The number of ether oxygens (including phenoxy) is 1. The Morgan fingerprint density at radius 3 is 2.67 bits per heavy atom. The van der Waals surface area contributed by atoms with E-state index < -0.39 is 6.10 Å². The third-order valence-corrected chi connectivity index (χ3v) is 3.38. The standard InChI is InChI=1S/C13H26N2O3/c1-3-15(11-5-7-14-8-6-11)10-12(16)9-13(17)18-4-2/h11-12,14,16H,3-10H2,1-2H3. The van der Waals surface area contributed by atoms with Crippen LogP contribution in [-0.4, -0.2) is 60.9 Å². The van der Waals surface area contributed by atoms with E-state index in [9.17, 15) is 9.90 Å². The van der Waals surface area contributed by atoms with Crippen LogP contribution in [0.3, 0.4) is 0 Å². The second-order valence-corrected chi connectivity index (χ2v) is 4.73. The van der Waals surface area contributed by atoms with Crippen LogP contribution in [0.2, 0.25) is 0 Å². The Morgan fingerprint density at radius 2 is 2.11 bits per heavy atom. The molecule has 5 nitrogen and oxygen atoms in total. The number of piperidine rings is 1. The monoisotopic (exact) mass is 258 g/mol. The van der Waals surface area contributed by atoms with Crippen molar-refractivity contribution < 1.29 is 14.6 Å². The summed E-state index contributed by atoms with van der Waals surface area (Å²) in [6, 6.07) is 0.521. The van der Waals surface area contributed by atoms with E-state index in [0.29, 0.717) is 19.2 Å². The van der Waals surface area contributed by atoms with Crippen molar-refractivity contribution >= 4 is 5.97 Å². The summed E-state index contributed by atoms with van der Waals surface area (Å²) < 4.78 is 4.85. The minimum Gasteiger partial charge on any atom is -0.466 e. The topological polar surface area (TPSA) is 61.8 Å². The molecule has 2 N–H and O–H groups in total. The van der Waals surface area contributed by atoms with E-state index in [1.54, 1.807) is 6.92 Å². The summed E-state index contributed by atoms with van der Waals surface area (Å²) in [7, 11) is 0. The molecule has 1 saturated heterocycles. The highest BCUT2D eigenvalue weighted by atomic mass is 16.5. The van der Waals surface area contributed by atoms with E-state index in [1.165, 1.54) is 0 Å². The van der Waals surface area contributed by atoms with Crippen LogP contribution in [0.15, 0.2) is 0 Å². The van der Waals surface area contributed by atoms with Gasteiger partial charge >= 0.3 is 5.97 Å². The molecule has 0 amide bonds. The number of hydrogen-bond donors (Lipinski definition) is 2. The molecule has 0 radical (unpaired) electrons. The maximum Gasteiger partial charge on any atom is 0.308 e. The number of esters is 1. The molecule has 106 valence electrons. The fraction of sp³-hybridized carbons (Fsp3) is 0.923. The molecule has 18 heavy (non-hydrogen) atoms. The van der Waals surface area contributed by atoms with Crippen LogP contribution in [-0.2, 0) is 9.53 Å². The fourth-order valence-electron chi connectivity index (χ4n) is 2.46. The molecule has 0 saturated carbocycles. The molecule has 0 aromatic heterocycles. The number of rotatable bonds is 7. The lowest BCUT2D eigenvalue weighted by Crippen LogP contribution is -2.46. The smallest absolute Gasteiger partial charge is 0.308 e. The molecule has 0 aromatic carbocycles. The molecule has 5 heteroatoms. The minimum absolute atomic E-state index is 0.0926. The normalized spacial score (nSPS) is 18.9. The average molecular weight is 258 g/mol. The van der Waals surface area contributed by atoms with Gasteiger partial charge in [-0.05, 0) is 39.4 Å². The number of aliphatic hydroxyl groups excluding tert-OH is 1. The van der Waals surface area contributed by atoms with Crippen molar-refractivity contribution in [1.29, 1.82) is 0 Å². The van der Waals surface area contributed by atoms with Crippen molar-refractivity contribution in [2.45, 2.75) is 45.3 Å². The van der Waals surface area contributed by atoms with Gasteiger partial charge in [-0.3, -0.25) is 9.69 Å². The van der Waals surface area contributed by atoms with Crippen LogP contribution in [0.1, 0.15) is 33.1 Å². The fourth-order valence-corrected chi connectivity index (χ4v) is 2.46. The molecular weight excluding hydrogens is 232 g/mol. The molecule has 0 bridgehead atoms. The van der Waals surface area contributed by atoms with Gasteiger partial charge in [-0.2, -0.15) is 0 Å². The van der Waals surface area contributed by atoms with Crippen LogP contribution < -0.4 is 5.32 Å². The third-order valence-electron chi connectivity index (χ3n) is 3.38. The number of nitrogens with one attached hydrogen (secondary N) is 1. The van der Waals surface area contributed by atoms with Crippen molar-refractivity contribution in [1.82, 2.24) is 10.2 Å². The molecule has 0 aliphatic carbocycles. The van der Waals surface area contributed by atoms with Gasteiger partial charge in [0, 0.05) is 12.6 Å². The first kappa shape index (κ1) is 15.4. The molecule has 1 unspecified atom stereocenters. The summed E-state index contributed by atoms with van der Waals surface area (Å²) in [5.74, 6) is -0.314. The van der Waals surface area contributed by atoms with Gasteiger partial charge in [-0.1, -0.05) is 6.92 Å². The van der Waals surface area contributed by atoms with E-state index in [1.807, 2.05) is 0 Å². The van der Waals surface area contributed by atoms with E-state index >= 15 is 0 Å². The zero-order valence-electron chi connectivity index (χ0n) is 11.5. The summed E-state index contributed by atoms with van der Waals surface area (Å²) in [4.78, 5) is 13.6. The van der Waals surface area contributed by atoms with Crippen molar-refractivity contribution in [3.63, 3.8) is 0 Å². The predicted molar refractivity (Wildman–Crippen MR) is 70.4 cm³/mol. The lowest BCUT2D eigenvalue weighted by atomic mass is 10.0. The maximum absolute atomic E-state index is 11.3. The van der Waals surface area contributed by atoms with Gasteiger partial charge in [0.05, 0.1) is 19.1 Å². The lowest BCUT2D eigenvalue weighted by Gasteiger charge is -2.34. The molecule has 1 rings (SSSR count). The zero-order valence-corrected chi connectivity index (χ0v) is 11.5. The van der Waals surface area contributed by atoms with Crippen molar-refractivity contribution in [2.75, 3.05) is 32.8 Å². The Morgan fingerprint density at radius 1 is 1.44 bits per heavy atom. The van der Waals surface area contributed by atoms with Crippen molar-refractivity contribution in [3.05, 3.63) is 0 Å². The van der Waals surface area contributed by atoms with Gasteiger partial charge in [-0.25, -0.2) is 0 Å². The van der Waals surface area contributed by atoms with Crippen LogP contribution in [0.5, 0.6) is 0 Å². The first-order chi connectivity index (χ1) is 8.67. The van der Waals surface area contributed by atoms with Crippen LogP contribution >= 0.6 is 0 Å². The molecule has 1 fully saturated rings. The average Bonchev–Trinajstić information content (AvgIpc) is 2.37. The highest BCUT2D eigenvalue weighted by Crippen LogP contribution is 2.12. The molecule has 0 spiro atoms. The summed E-state index contributed by atoms with van der Waals surface area (Å²) in [5, 5.41) is 13.3. The van der Waals surface area contributed by atoms with Crippen molar-refractivity contribution in [3.8, 4) is 0 Å². The maximum atomic E-state index is 11.3. The number of nitrogens with zero attached hydrogens (tertiary/aromatic N) is 1. The van der Waals surface area contributed by atoms with E-state index in [-0.39, 0.29) is 12.4 Å². The molecule has 0 aromatic rings. The van der Waals surface area contributed by atoms with Gasteiger partial charge in [0.1, 0.15) is 0 Å². The number of aliphatic hydroxyl groups is 1. The second kappa shape index (κ2) is 8.45. The summed E-state index contributed by atoms with van der Waals surface area (Å²) in [6.45, 7) is 7.78. The Balaban J connectivity index is 2.34. The van der Waals surface area contributed by atoms with Gasteiger partial charge in [0.15, 0.2) is 0 Å². The molecule has 1 aliphatic heterocycles. The SMILES string of the molecule is CCOC(=O)CC(O)CN(CC)C1CCNCC1. The van der Waals surface area contributed by atoms with Gasteiger partial charge in [0.25, 0.3) is 0 Å². The van der Waals surface area contributed by atoms with E-state index in [2.05, 4.69) is 17.1 Å². The largest absolute Gasteiger partial charge is 0.466 e. The first-order valence-electron chi connectivity index (χ1n) is 6.95. The van der Waals surface area contributed by atoms with Gasteiger partial charge in [0.2, 0.25) is 0 Å². The van der Waals surface area contributed by atoms with E-state index in [4.69, 9.17) is 4.74 Å². The van der Waals surface area contributed by atoms with Gasteiger partial charge < -0.3 is 15.2 Å². The third kappa shape index (κ3) is 5.33. The Kier molecular flexibility index (Phi) is 7.23. The van der Waals surface area contributed by atoms with Crippen molar-refractivity contribution in [2.24, 2.45) is 0 Å². The molecular formula is C13H26N2O3. The second-order valence-electron chi connectivity index (χ2n) is 4.73. The summed E-state index contributed by atoms with van der Waals surface area (Å²) >= 11 is 0. The Bertz CT molecular complexity index is 242. The number of carbonyl (C=O) groups excluding carboxylic acids is 1. The number of hydrogen-bond acceptors (Lipinski definition) is 5. The summed E-state index contributed by atoms with van der Waals surface area (Å²) in [6.07, 6.45) is 1.69. The number of carbonyl (C=O) groups is 1. The van der Waals surface area contributed by atoms with E-state index in [0.717, 1.165) is 32.5 Å². The minimum atomic E-state index is -0.626. The van der Waals surface area contributed by atoms with Gasteiger partial charge in [-0.15, -0.1) is 0 Å². The molecule has 1 atom stereocenters. The van der Waals surface area contributed by atoms with Crippen LogP contribution in [0.25, 0.3) is 0 Å². The Hall–Kier alpha value is -0.650. The summed E-state index contributed by atoms with van der Waals surface area (Å²) in [5.41, 5.74) is 0.